The smallest absolute Gasteiger partial charge is 0.249 e. The second-order valence-electron chi connectivity index (χ2n) is 8.03. The fourth-order valence-corrected chi connectivity index (χ4v) is 5.53. The van der Waals surface area contributed by atoms with Gasteiger partial charge in [-0.1, -0.05) is 54.1 Å². The highest BCUT2D eigenvalue weighted by atomic mass is 35.5. The van der Waals surface area contributed by atoms with Crippen LogP contribution in [-0.4, -0.2) is 38.4 Å². The first-order valence-corrected chi connectivity index (χ1v) is 12.6. The lowest BCUT2D eigenvalue weighted by atomic mass is 9.98. The van der Waals surface area contributed by atoms with Crippen LogP contribution in [0.3, 0.4) is 0 Å². The van der Waals surface area contributed by atoms with Crippen molar-refractivity contribution in [3.63, 3.8) is 0 Å². The van der Waals surface area contributed by atoms with E-state index < -0.39 is 16.1 Å². The Morgan fingerprint density at radius 3 is 2.61 bits per heavy atom. The van der Waals surface area contributed by atoms with Gasteiger partial charge in [0.2, 0.25) is 15.9 Å². The summed E-state index contributed by atoms with van der Waals surface area (Å²) in [5, 5.41) is 0.875. The Balaban J connectivity index is 1.84. The van der Waals surface area contributed by atoms with Gasteiger partial charge in [-0.05, 0) is 61.5 Å². The fraction of sp³-hybridized carbons (Fsp3) is 0.435. The fourth-order valence-electron chi connectivity index (χ4n) is 3.67. The number of carbonyl (C=O) groups is 1. The summed E-state index contributed by atoms with van der Waals surface area (Å²) < 4.78 is 28.8. The number of benzene rings is 1. The molecule has 1 aromatic carbocycles. The minimum absolute atomic E-state index is 0.0946. The van der Waals surface area contributed by atoms with E-state index >= 15 is 0 Å². The van der Waals surface area contributed by atoms with E-state index in [0.717, 1.165) is 18.4 Å². The Morgan fingerprint density at radius 1 is 1.26 bits per heavy atom. The second-order valence-corrected chi connectivity index (χ2v) is 10.5. The Morgan fingerprint density at radius 2 is 1.94 bits per heavy atom. The van der Waals surface area contributed by atoms with Gasteiger partial charge in [-0.15, -0.1) is 0 Å². The predicted octanol–water partition coefficient (Wildman–Crippen LogP) is 4.54. The molecule has 1 atom stereocenters. The molecule has 1 amide bonds. The van der Waals surface area contributed by atoms with Crippen LogP contribution in [0.5, 0.6) is 0 Å². The first-order chi connectivity index (χ1) is 14.7. The SMILES string of the molecule is CC1=C(Cl)C=C=C=C1S(=O)(=O)NC(CCc1ccccc1Cl)C(=O)N1CCC(C)CC1. The van der Waals surface area contributed by atoms with Crippen LogP contribution in [0.25, 0.3) is 0 Å². The minimum Gasteiger partial charge on any atom is -0.341 e. The standard InChI is InChI=1S/C23H26Cl2N2O3S/c1-16-12-14-27(15-13-16)23(28)21(11-10-18-6-3-4-7-20(18)25)26-31(29,30)22-9-5-8-19(24)17(22)2/h3-4,6-8,16,21,26H,10-15H2,1-2H3. The molecule has 1 saturated heterocycles. The van der Waals surface area contributed by atoms with Gasteiger partial charge in [-0.3, -0.25) is 4.79 Å². The van der Waals surface area contributed by atoms with Crippen molar-refractivity contribution in [2.24, 2.45) is 5.92 Å². The number of nitrogens with zero attached hydrogens (tertiary/aromatic N) is 1. The topological polar surface area (TPSA) is 66.5 Å². The number of allylic oxidation sites excluding steroid dienone is 3. The zero-order chi connectivity index (χ0) is 22.6. The van der Waals surface area contributed by atoms with Crippen molar-refractivity contribution in [1.82, 2.24) is 9.62 Å². The Kier molecular flexibility index (Phi) is 7.87. The van der Waals surface area contributed by atoms with Crippen molar-refractivity contribution in [3.05, 3.63) is 67.9 Å². The molecule has 0 aromatic heterocycles. The van der Waals surface area contributed by atoms with E-state index in [0.29, 0.717) is 36.0 Å². The van der Waals surface area contributed by atoms with E-state index in [9.17, 15) is 13.2 Å². The maximum absolute atomic E-state index is 13.3. The summed E-state index contributed by atoms with van der Waals surface area (Å²) in [6, 6.07) is 6.45. The lowest BCUT2D eigenvalue weighted by Crippen LogP contribution is -2.51. The number of carbonyl (C=O) groups excluding carboxylic acids is 1. The largest absolute Gasteiger partial charge is 0.341 e. The van der Waals surface area contributed by atoms with Crippen molar-refractivity contribution >= 4 is 39.1 Å². The maximum atomic E-state index is 13.3. The summed E-state index contributed by atoms with van der Waals surface area (Å²) in [7, 11) is -4.02. The molecule has 8 heteroatoms. The normalized spacial score (nSPS) is 18.3. The first kappa shape index (κ1) is 23.9. The molecule has 0 bridgehead atoms. The minimum atomic E-state index is -4.02. The molecule has 1 aliphatic carbocycles. The van der Waals surface area contributed by atoms with E-state index in [1.54, 1.807) is 17.9 Å². The van der Waals surface area contributed by atoms with Gasteiger partial charge >= 0.3 is 0 Å². The van der Waals surface area contributed by atoms with E-state index in [1.165, 1.54) is 6.08 Å². The van der Waals surface area contributed by atoms with Crippen molar-refractivity contribution in [2.45, 2.75) is 45.6 Å². The van der Waals surface area contributed by atoms with Crippen LogP contribution in [0.15, 0.2) is 57.3 Å². The van der Waals surface area contributed by atoms with Crippen LogP contribution >= 0.6 is 23.2 Å². The summed E-state index contributed by atoms with van der Waals surface area (Å²) in [6.45, 7) is 5.02. The molecule has 31 heavy (non-hydrogen) atoms. The molecule has 1 N–H and O–H groups in total. The number of aryl methyl sites for hydroxylation is 1. The number of likely N-dealkylation sites (tertiary alicyclic amines) is 1. The molecular formula is C23H26Cl2N2O3S. The number of halogens is 2. The molecule has 1 aliphatic heterocycles. The summed E-state index contributed by atoms with van der Waals surface area (Å²) in [5.41, 5.74) is 6.49. The molecule has 0 spiro atoms. The van der Waals surface area contributed by atoms with Gasteiger partial charge in [-0.25, -0.2) is 8.42 Å². The average molecular weight is 481 g/mol. The molecule has 2 aliphatic rings. The summed E-state index contributed by atoms with van der Waals surface area (Å²) in [6.07, 6.45) is 4.03. The third-order valence-corrected chi connectivity index (χ3v) is 8.00. The Hall–Kier alpha value is -1.78. The number of piperidine rings is 1. The van der Waals surface area contributed by atoms with Crippen LogP contribution < -0.4 is 4.72 Å². The monoisotopic (exact) mass is 480 g/mol. The van der Waals surface area contributed by atoms with Gasteiger partial charge < -0.3 is 4.90 Å². The molecule has 1 unspecified atom stereocenters. The van der Waals surface area contributed by atoms with Gasteiger partial charge in [0.05, 0.1) is 5.03 Å². The quantitative estimate of drug-likeness (QED) is 0.582. The van der Waals surface area contributed by atoms with Crippen LogP contribution in [0, 0.1) is 5.92 Å². The highest BCUT2D eigenvalue weighted by Crippen LogP contribution is 2.26. The van der Waals surface area contributed by atoms with Gasteiger partial charge in [0.25, 0.3) is 0 Å². The molecule has 5 nitrogen and oxygen atoms in total. The van der Waals surface area contributed by atoms with Crippen LogP contribution in [0.4, 0.5) is 0 Å². The van der Waals surface area contributed by atoms with Gasteiger partial charge in [0, 0.05) is 24.2 Å². The van der Waals surface area contributed by atoms with E-state index in [-0.39, 0.29) is 22.3 Å². The van der Waals surface area contributed by atoms with Gasteiger partial charge in [0.1, 0.15) is 10.9 Å². The molecule has 1 fully saturated rings. The number of nitrogens with one attached hydrogen (secondary N) is 1. The molecule has 1 aromatic rings. The zero-order valence-electron chi connectivity index (χ0n) is 17.6. The molecule has 0 radical (unpaired) electrons. The van der Waals surface area contributed by atoms with Crippen molar-refractivity contribution in [2.75, 3.05) is 13.1 Å². The first-order valence-electron chi connectivity index (χ1n) is 10.3. The number of hydrogen-bond donors (Lipinski definition) is 1. The van der Waals surface area contributed by atoms with E-state index in [4.69, 9.17) is 23.2 Å². The molecule has 166 valence electrons. The van der Waals surface area contributed by atoms with E-state index in [1.807, 2.05) is 18.2 Å². The highest BCUT2D eigenvalue weighted by molar-refractivity contribution is 7.93. The molecule has 3 rings (SSSR count). The lowest BCUT2D eigenvalue weighted by molar-refractivity contribution is -0.134. The average Bonchev–Trinajstić information content (AvgIpc) is 2.74. The number of rotatable bonds is 7. The van der Waals surface area contributed by atoms with Crippen molar-refractivity contribution < 1.29 is 13.2 Å². The third kappa shape index (κ3) is 5.93. The number of amides is 1. The third-order valence-electron chi connectivity index (χ3n) is 5.70. The predicted molar refractivity (Wildman–Crippen MR) is 124 cm³/mol. The van der Waals surface area contributed by atoms with E-state index in [2.05, 4.69) is 23.1 Å². The van der Waals surface area contributed by atoms with Crippen LogP contribution in [0.2, 0.25) is 5.02 Å². The zero-order valence-corrected chi connectivity index (χ0v) is 19.9. The lowest BCUT2D eigenvalue weighted by Gasteiger charge is -2.33. The summed E-state index contributed by atoms with van der Waals surface area (Å²) in [5.74, 6) is 0.341. The van der Waals surface area contributed by atoms with Crippen molar-refractivity contribution in [3.8, 4) is 0 Å². The molecule has 1 heterocycles. The molecule has 0 saturated carbocycles. The van der Waals surface area contributed by atoms with Crippen LogP contribution in [0.1, 0.15) is 38.7 Å². The van der Waals surface area contributed by atoms with Gasteiger partial charge in [-0.2, -0.15) is 4.72 Å². The Bertz CT molecular complexity index is 1090. The van der Waals surface area contributed by atoms with Crippen molar-refractivity contribution in [1.29, 1.82) is 0 Å². The highest BCUT2D eigenvalue weighted by Gasteiger charge is 2.32. The summed E-state index contributed by atoms with van der Waals surface area (Å²) in [4.78, 5) is 14.9. The molecular weight excluding hydrogens is 455 g/mol. The summed E-state index contributed by atoms with van der Waals surface area (Å²) >= 11 is 12.3. The Labute approximate surface area is 194 Å². The van der Waals surface area contributed by atoms with Crippen LogP contribution in [-0.2, 0) is 21.2 Å². The second kappa shape index (κ2) is 10.2. The van der Waals surface area contributed by atoms with Gasteiger partial charge in [0.15, 0.2) is 0 Å². The maximum Gasteiger partial charge on any atom is 0.249 e. The number of sulfonamides is 1. The number of hydrogen-bond acceptors (Lipinski definition) is 3.